The third kappa shape index (κ3) is 1.78. The first kappa shape index (κ1) is 9.24. The molecule has 4 heteroatoms. The minimum Gasteiger partial charge on any atom is -0.464 e. The molecule has 1 aromatic rings. The van der Waals surface area contributed by atoms with Crippen LogP contribution in [0.25, 0.3) is 0 Å². The van der Waals surface area contributed by atoms with Crippen molar-refractivity contribution in [2.24, 2.45) is 5.92 Å². The molecule has 0 saturated heterocycles. The van der Waals surface area contributed by atoms with Crippen molar-refractivity contribution < 1.29 is 9.53 Å². The molecular weight excluding hydrogens is 180 g/mol. The second-order valence-electron chi connectivity index (χ2n) is 3.74. The maximum Gasteiger partial charge on any atom is 0.358 e. The van der Waals surface area contributed by atoms with Gasteiger partial charge in [0.15, 0.2) is 5.69 Å². The summed E-state index contributed by atoms with van der Waals surface area (Å²) in [5.74, 6) is 0.409. The third-order valence-electron chi connectivity index (χ3n) is 2.72. The molecule has 0 aliphatic heterocycles. The molecule has 0 N–H and O–H groups in total. The number of imidazole rings is 1. The van der Waals surface area contributed by atoms with Crippen LogP contribution >= 0.6 is 0 Å². The van der Waals surface area contributed by atoms with Gasteiger partial charge in [-0.3, -0.25) is 0 Å². The van der Waals surface area contributed by atoms with E-state index in [1.807, 2.05) is 4.57 Å². The van der Waals surface area contributed by atoms with Crippen molar-refractivity contribution in [2.75, 3.05) is 7.11 Å². The van der Waals surface area contributed by atoms with Gasteiger partial charge in [-0.1, -0.05) is 6.42 Å². The van der Waals surface area contributed by atoms with E-state index in [0.29, 0.717) is 5.69 Å². The number of ether oxygens (including phenoxy) is 1. The summed E-state index contributed by atoms with van der Waals surface area (Å²) in [6.07, 6.45) is 7.38. The van der Waals surface area contributed by atoms with Crippen LogP contribution < -0.4 is 0 Å². The Morgan fingerprint density at radius 3 is 3.07 bits per heavy atom. The molecule has 0 bridgehead atoms. The minimum absolute atomic E-state index is 0.364. The molecule has 0 spiro atoms. The molecule has 0 radical (unpaired) electrons. The van der Waals surface area contributed by atoms with Crippen LogP contribution in [0.3, 0.4) is 0 Å². The molecule has 2 rings (SSSR count). The standard InChI is InChI=1S/C10H14N2O2/c1-14-10(13)9-6-12(7-11-9)5-8-3-2-4-8/h6-8H,2-5H2,1H3. The molecule has 0 atom stereocenters. The summed E-state index contributed by atoms with van der Waals surface area (Å²) in [5.41, 5.74) is 0.395. The predicted molar refractivity (Wildman–Crippen MR) is 50.9 cm³/mol. The van der Waals surface area contributed by atoms with Crippen LogP contribution in [0.5, 0.6) is 0 Å². The fraction of sp³-hybridized carbons (Fsp3) is 0.600. The first-order chi connectivity index (χ1) is 6.79. The molecule has 0 amide bonds. The van der Waals surface area contributed by atoms with Gasteiger partial charge < -0.3 is 9.30 Å². The molecule has 1 aromatic heterocycles. The molecule has 1 aliphatic rings. The highest BCUT2D eigenvalue weighted by molar-refractivity contribution is 5.86. The molecule has 14 heavy (non-hydrogen) atoms. The quantitative estimate of drug-likeness (QED) is 0.684. The van der Waals surface area contributed by atoms with E-state index in [-0.39, 0.29) is 5.97 Å². The molecule has 76 valence electrons. The first-order valence-electron chi connectivity index (χ1n) is 4.89. The molecule has 4 nitrogen and oxygen atoms in total. The summed E-state index contributed by atoms with van der Waals surface area (Å²) in [7, 11) is 1.37. The number of nitrogens with zero attached hydrogens (tertiary/aromatic N) is 2. The van der Waals surface area contributed by atoms with Gasteiger partial charge in [-0.25, -0.2) is 9.78 Å². The Labute approximate surface area is 82.9 Å². The molecule has 1 aliphatic carbocycles. The van der Waals surface area contributed by atoms with Crippen LogP contribution in [0.2, 0.25) is 0 Å². The molecule has 0 aromatic carbocycles. The second kappa shape index (κ2) is 3.82. The SMILES string of the molecule is COC(=O)c1cn(CC2CCC2)cn1. The number of carbonyl (C=O) groups is 1. The van der Waals surface area contributed by atoms with E-state index in [1.54, 1.807) is 12.5 Å². The number of hydrogen-bond donors (Lipinski definition) is 0. The van der Waals surface area contributed by atoms with Crippen molar-refractivity contribution in [3.63, 3.8) is 0 Å². The Kier molecular flexibility index (Phi) is 2.52. The topological polar surface area (TPSA) is 44.1 Å². The number of methoxy groups -OCH3 is 1. The zero-order valence-corrected chi connectivity index (χ0v) is 8.27. The van der Waals surface area contributed by atoms with Gasteiger partial charge in [-0.2, -0.15) is 0 Å². The van der Waals surface area contributed by atoms with Gasteiger partial charge in [0.2, 0.25) is 0 Å². The first-order valence-corrected chi connectivity index (χ1v) is 4.89. The Bertz CT molecular complexity index is 329. The highest BCUT2D eigenvalue weighted by Gasteiger charge is 2.18. The van der Waals surface area contributed by atoms with Crippen LogP contribution in [0.4, 0.5) is 0 Å². The average molecular weight is 194 g/mol. The van der Waals surface area contributed by atoms with Crippen LogP contribution in [-0.4, -0.2) is 22.6 Å². The van der Waals surface area contributed by atoms with Gasteiger partial charge in [-0.15, -0.1) is 0 Å². The van der Waals surface area contributed by atoms with Crippen LogP contribution in [0, 0.1) is 5.92 Å². The predicted octanol–water partition coefficient (Wildman–Crippen LogP) is 1.47. The van der Waals surface area contributed by atoms with E-state index in [2.05, 4.69) is 9.72 Å². The lowest BCUT2D eigenvalue weighted by Gasteiger charge is -2.25. The summed E-state index contributed by atoms with van der Waals surface area (Å²) in [5, 5.41) is 0. The maximum atomic E-state index is 11.1. The van der Waals surface area contributed by atoms with E-state index >= 15 is 0 Å². The van der Waals surface area contributed by atoms with Crippen molar-refractivity contribution >= 4 is 5.97 Å². The number of rotatable bonds is 3. The van der Waals surface area contributed by atoms with Gasteiger partial charge in [0.25, 0.3) is 0 Å². The van der Waals surface area contributed by atoms with E-state index in [1.165, 1.54) is 26.4 Å². The van der Waals surface area contributed by atoms with Gasteiger partial charge in [0.05, 0.1) is 13.4 Å². The highest BCUT2D eigenvalue weighted by atomic mass is 16.5. The lowest BCUT2D eigenvalue weighted by Crippen LogP contribution is -2.17. The van der Waals surface area contributed by atoms with Gasteiger partial charge >= 0.3 is 5.97 Å². The Morgan fingerprint density at radius 1 is 1.71 bits per heavy atom. The van der Waals surface area contributed by atoms with E-state index in [9.17, 15) is 4.79 Å². The summed E-state index contributed by atoms with van der Waals surface area (Å²) >= 11 is 0. The summed E-state index contributed by atoms with van der Waals surface area (Å²) < 4.78 is 6.55. The number of esters is 1. The van der Waals surface area contributed by atoms with Gasteiger partial charge in [-0.05, 0) is 18.8 Å². The van der Waals surface area contributed by atoms with Crippen LogP contribution in [0.15, 0.2) is 12.5 Å². The zero-order valence-electron chi connectivity index (χ0n) is 8.27. The van der Waals surface area contributed by atoms with E-state index in [4.69, 9.17) is 0 Å². The lowest BCUT2D eigenvalue weighted by molar-refractivity contribution is 0.0594. The summed E-state index contributed by atoms with van der Waals surface area (Å²) in [6, 6.07) is 0. The number of aromatic nitrogens is 2. The summed E-state index contributed by atoms with van der Waals surface area (Å²) in [6.45, 7) is 0.976. The molecule has 1 fully saturated rings. The lowest BCUT2D eigenvalue weighted by atomic mass is 9.85. The third-order valence-corrected chi connectivity index (χ3v) is 2.72. The van der Waals surface area contributed by atoms with Gasteiger partial charge in [0.1, 0.15) is 0 Å². The van der Waals surface area contributed by atoms with Crippen LogP contribution in [-0.2, 0) is 11.3 Å². The normalized spacial score (nSPS) is 16.4. The maximum absolute atomic E-state index is 11.1. The summed E-state index contributed by atoms with van der Waals surface area (Å²) in [4.78, 5) is 15.1. The molecule has 1 saturated carbocycles. The second-order valence-corrected chi connectivity index (χ2v) is 3.74. The molecule has 0 unspecified atom stereocenters. The molecular formula is C10H14N2O2. The Hall–Kier alpha value is -1.32. The highest BCUT2D eigenvalue weighted by Crippen LogP contribution is 2.27. The van der Waals surface area contributed by atoms with Crippen molar-refractivity contribution in [1.82, 2.24) is 9.55 Å². The smallest absolute Gasteiger partial charge is 0.358 e. The van der Waals surface area contributed by atoms with Crippen molar-refractivity contribution in [3.05, 3.63) is 18.2 Å². The number of carbonyl (C=O) groups excluding carboxylic acids is 1. The van der Waals surface area contributed by atoms with Crippen molar-refractivity contribution in [1.29, 1.82) is 0 Å². The largest absolute Gasteiger partial charge is 0.464 e. The Morgan fingerprint density at radius 2 is 2.50 bits per heavy atom. The molecule has 1 heterocycles. The van der Waals surface area contributed by atoms with Gasteiger partial charge in [0, 0.05) is 12.7 Å². The Balaban J connectivity index is 1.98. The monoisotopic (exact) mass is 194 g/mol. The fourth-order valence-corrected chi connectivity index (χ4v) is 1.64. The minimum atomic E-state index is -0.364. The van der Waals surface area contributed by atoms with Crippen molar-refractivity contribution in [3.8, 4) is 0 Å². The van der Waals surface area contributed by atoms with E-state index < -0.39 is 0 Å². The fourth-order valence-electron chi connectivity index (χ4n) is 1.64. The van der Waals surface area contributed by atoms with Crippen LogP contribution in [0.1, 0.15) is 29.8 Å². The zero-order chi connectivity index (χ0) is 9.97. The number of hydrogen-bond acceptors (Lipinski definition) is 3. The van der Waals surface area contributed by atoms with Crippen molar-refractivity contribution in [2.45, 2.75) is 25.8 Å². The van der Waals surface area contributed by atoms with E-state index in [0.717, 1.165) is 12.5 Å². The average Bonchev–Trinajstić information content (AvgIpc) is 2.58.